The first kappa shape index (κ1) is 26.0. The number of fused-ring (bicyclic) bond motifs is 10. The molecule has 0 atom stereocenters. The van der Waals surface area contributed by atoms with Gasteiger partial charge in [-0.3, -0.25) is 0 Å². The van der Waals surface area contributed by atoms with Crippen molar-refractivity contribution in [3.05, 3.63) is 164 Å². The Kier molecular flexibility index (Phi) is 5.57. The molecule has 0 aliphatic carbocycles. The molecule has 220 valence electrons. The number of anilines is 3. The molecule has 2 heterocycles. The summed E-state index contributed by atoms with van der Waals surface area (Å²) in [6, 6.07) is 57.8. The minimum absolute atomic E-state index is 0.875. The average molecular weight is 602 g/mol. The number of hydrogen-bond donors (Lipinski definition) is 0. The van der Waals surface area contributed by atoms with Crippen LogP contribution < -0.4 is 4.90 Å². The maximum absolute atomic E-state index is 6.45. The van der Waals surface area contributed by atoms with Crippen molar-refractivity contribution >= 4 is 82.5 Å². The second kappa shape index (κ2) is 10.1. The van der Waals surface area contributed by atoms with Crippen molar-refractivity contribution in [1.82, 2.24) is 0 Å². The third kappa shape index (κ3) is 4.07. The van der Waals surface area contributed by atoms with Crippen LogP contribution >= 0.6 is 0 Å². The molecule has 47 heavy (non-hydrogen) atoms. The molecule has 3 heteroatoms. The summed E-state index contributed by atoms with van der Waals surface area (Å²) < 4.78 is 12.8. The van der Waals surface area contributed by atoms with Crippen molar-refractivity contribution < 1.29 is 8.83 Å². The zero-order valence-corrected chi connectivity index (χ0v) is 25.4. The van der Waals surface area contributed by atoms with Crippen molar-refractivity contribution in [3.63, 3.8) is 0 Å². The van der Waals surface area contributed by atoms with E-state index in [0.717, 1.165) is 77.5 Å². The highest BCUT2D eigenvalue weighted by atomic mass is 16.3. The van der Waals surface area contributed by atoms with E-state index < -0.39 is 0 Å². The molecule has 0 unspecified atom stereocenters. The van der Waals surface area contributed by atoms with Crippen LogP contribution in [-0.4, -0.2) is 0 Å². The number of para-hydroxylation sites is 2. The lowest BCUT2D eigenvalue weighted by Gasteiger charge is -2.25. The Labute approximate surface area is 270 Å². The molecule has 0 N–H and O–H groups in total. The molecule has 0 aliphatic rings. The van der Waals surface area contributed by atoms with Gasteiger partial charge in [-0.2, -0.15) is 0 Å². The van der Waals surface area contributed by atoms with Crippen LogP contribution in [0.5, 0.6) is 0 Å². The Bertz CT molecular complexity index is 2790. The van der Waals surface area contributed by atoms with Crippen molar-refractivity contribution in [2.24, 2.45) is 0 Å². The third-order valence-electron chi connectivity index (χ3n) is 9.44. The predicted octanol–water partition coefficient (Wildman–Crippen LogP) is 12.9. The van der Waals surface area contributed by atoms with Crippen molar-refractivity contribution in [1.29, 1.82) is 0 Å². The Morgan fingerprint density at radius 1 is 0.340 bits per heavy atom. The first-order valence-corrected chi connectivity index (χ1v) is 15.9. The van der Waals surface area contributed by atoms with Crippen molar-refractivity contribution in [3.8, 4) is 11.1 Å². The van der Waals surface area contributed by atoms with Crippen LogP contribution in [0.1, 0.15) is 0 Å². The van der Waals surface area contributed by atoms with Gasteiger partial charge in [-0.25, -0.2) is 0 Å². The van der Waals surface area contributed by atoms with Gasteiger partial charge in [0.15, 0.2) is 0 Å². The van der Waals surface area contributed by atoms with Crippen LogP contribution in [-0.2, 0) is 0 Å². The maximum atomic E-state index is 6.45. The van der Waals surface area contributed by atoms with E-state index in [-0.39, 0.29) is 0 Å². The molecule has 0 saturated heterocycles. The molecular weight excluding hydrogens is 574 g/mol. The summed E-state index contributed by atoms with van der Waals surface area (Å²) in [4.78, 5) is 2.28. The number of hydrogen-bond acceptors (Lipinski definition) is 3. The summed E-state index contributed by atoms with van der Waals surface area (Å²) in [6.07, 6.45) is 0. The minimum atomic E-state index is 0.875. The Hall–Kier alpha value is -6.32. The summed E-state index contributed by atoms with van der Waals surface area (Å²) in [5.74, 6) is 0. The highest BCUT2D eigenvalue weighted by Gasteiger charge is 2.17. The molecule has 2 aromatic heterocycles. The van der Waals surface area contributed by atoms with E-state index in [1.54, 1.807) is 0 Å². The summed E-state index contributed by atoms with van der Waals surface area (Å²) >= 11 is 0. The largest absolute Gasteiger partial charge is 0.456 e. The molecule has 0 aliphatic heterocycles. The zero-order chi connectivity index (χ0) is 30.9. The number of benzene rings is 8. The molecule has 0 radical (unpaired) electrons. The van der Waals surface area contributed by atoms with Gasteiger partial charge in [-0.05, 0) is 87.9 Å². The summed E-state index contributed by atoms with van der Waals surface area (Å²) in [5.41, 5.74) is 9.13. The van der Waals surface area contributed by atoms with Gasteiger partial charge < -0.3 is 13.7 Å². The van der Waals surface area contributed by atoms with E-state index in [1.165, 1.54) is 16.2 Å². The topological polar surface area (TPSA) is 29.5 Å². The summed E-state index contributed by atoms with van der Waals surface area (Å²) in [5, 5.41) is 9.30. The molecule has 8 aromatic carbocycles. The molecular formula is C44H27NO2. The van der Waals surface area contributed by atoms with E-state index in [9.17, 15) is 0 Å². The Morgan fingerprint density at radius 2 is 1.00 bits per heavy atom. The highest BCUT2D eigenvalue weighted by molar-refractivity contribution is 6.19. The van der Waals surface area contributed by atoms with E-state index in [4.69, 9.17) is 8.83 Å². The lowest BCUT2D eigenvalue weighted by atomic mass is 9.99. The zero-order valence-electron chi connectivity index (χ0n) is 25.4. The first-order valence-electron chi connectivity index (χ1n) is 15.9. The Morgan fingerprint density at radius 3 is 1.89 bits per heavy atom. The molecule has 0 saturated carbocycles. The lowest BCUT2D eigenvalue weighted by Crippen LogP contribution is -2.09. The van der Waals surface area contributed by atoms with E-state index in [2.05, 4.69) is 157 Å². The SMILES string of the molecule is c1ccc(N(c2ccc(-c3ccc4ccc5c6ccccc6oc5c4c3)cc2)c2ccc3c(c2)oc2ccc4ccccc4c23)cc1. The van der Waals surface area contributed by atoms with E-state index in [1.807, 2.05) is 12.1 Å². The normalized spacial score (nSPS) is 11.8. The predicted molar refractivity (Wildman–Crippen MR) is 196 cm³/mol. The van der Waals surface area contributed by atoms with Crippen molar-refractivity contribution in [2.45, 2.75) is 0 Å². The Balaban J connectivity index is 1.08. The molecule has 10 aromatic rings. The summed E-state index contributed by atoms with van der Waals surface area (Å²) in [6.45, 7) is 0. The minimum Gasteiger partial charge on any atom is -0.456 e. The average Bonchev–Trinajstić information content (AvgIpc) is 3.71. The van der Waals surface area contributed by atoms with E-state index in [0.29, 0.717) is 0 Å². The smallest absolute Gasteiger partial charge is 0.143 e. The molecule has 10 rings (SSSR count). The van der Waals surface area contributed by atoms with Crippen LogP contribution in [0.4, 0.5) is 17.1 Å². The van der Waals surface area contributed by atoms with Crippen LogP contribution in [0.3, 0.4) is 0 Å². The quantitative estimate of drug-likeness (QED) is 0.201. The van der Waals surface area contributed by atoms with Gasteiger partial charge in [0, 0.05) is 50.1 Å². The molecule has 0 fully saturated rings. The number of rotatable bonds is 4. The fraction of sp³-hybridized carbons (Fsp3) is 0. The highest BCUT2D eigenvalue weighted by Crippen LogP contribution is 2.41. The van der Waals surface area contributed by atoms with Gasteiger partial charge in [0.05, 0.1) is 0 Å². The first-order chi connectivity index (χ1) is 23.3. The molecule has 0 amide bonds. The maximum Gasteiger partial charge on any atom is 0.143 e. The van der Waals surface area contributed by atoms with Gasteiger partial charge in [-0.1, -0.05) is 97.1 Å². The van der Waals surface area contributed by atoms with Crippen LogP contribution in [0.25, 0.3) is 76.5 Å². The van der Waals surface area contributed by atoms with Gasteiger partial charge in [0.1, 0.15) is 22.3 Å². The molecule has 3 nitrogen and oxygen atoms in total. The standard InChI is InChI=1S/C44H27NO2/c1-2-9-32(10-3-1)45(34-22-24-38-42(27-34)46-41-25-19-29-8-4-5-11-35(29)43(38)41)33-20-16-28(17-21-33)31-15-14-30-18-23-37-36-12-6-7-13-40(36)47-44(37)39(30)26-31/h1-27H. The molecule has 0 spiro atoms. The number of nitrogens with zero attached hydrogens (tertiary/aromatic N) is 1. The fourth-order valence-corrected chi connectivity index (χ4v) is 7.18. The second-order valence-corrected chi connectivity index (χ2v) is 12.1. The van der Waals surface area contributed by atoms with Crippen LogP contribution in [0.15, 0.2) is 173 Å². The van der Waals surface area contributed by atoms with Gasteiger partial charge in [0.25, 0.3) is 0 Å². The van der Waals surface area contributed by atoms with Crippen LogP contribution in [0, 0.1) is 0 Å². The third-order valence-corrected chi connectivity index (χ3v) is 9.44. The number of furan rings is 2. The van der Waals surface area contributed by atoms with Crippen molar-refractivity contribution in [2.75, 3.05) is 4.90 Å². The summed E-state index contributed by atoms with van der Waals surface area (Å²) in [7, 11) is 0. The van der Waals surface area contributed by atoms with Gasteiger partial charge in [0.2, 0.25) is 0 Å². The van der Waals surface area contributed by atoms with E-state index >= 15 is 0 Å². The lowest BCUT2D eigenvalue weighted by molar-refractivity contribution is 0.669. The van der Waals surface area contributed by atoms with Gasteiger partial charge >= 0.3 is 0 Å². The monoisotopic (exact) mass is 601 g/mol. The fourth-order valence-electron chi connectivity index (χ4n) is 7.18. The second-order valence-electron chi connectivity index (χ2n) is 12.1. The van der Waals surface area contributed by atoms with Crippen LogP contribution in [0.2, 0.25) is 0 Å². The van der Waals surface area contributed by atoms with Gasteiger partial charge in [-0.15, -0.1) is 0 Å². The molecule has 0 bridgehead atoms.